The smallest absolute Gasteiger partial charge is 0.299 e. The maximum Gasteiger partial charge on any atom is 0.433 e. The van der Waals surface area contributed by atoms with Crippen LogP contribution < -0.4 is 0 Å². The Labute approximate surface area is 97.9 Å². The summed E-state index contributed by atoms with van der Waals surface area (Å²) >= 11 is 0. The number of carbonyl (C=O) groups excluding carboxylic acids is 1. The second-order valence-electron chi connectivity index (χ2n) is 4.00. The fraction of sp³-hybridized carbons (Fsp3) is 0.500. The summed E-state index contributed by atoms with van der Waals surface area (Å²) in [4.78, 5) is 14.9. The molecule has 1 aromatic heterocycles. The Morgan fingerprint density at radius 1 is 1.41 bits per heavy atom. The van der Waals surface area contributed by atoms with Gasteiger partial charge in [0.15, 0.2) is 0 Å². The van der Waals surface area contributed by atoms with Gasteiger partial charge in [-0.3, -0.25) is 9.78 Å². The quantitative estimate of drug-likeness (QED) is 0.815. The van der Waals surface area contributed by atoms with E-state index in [4.69, 9.17) is 0 Å². The molecule has 5 heteroatoms. The summed E-state index contributed by atoms with van der Waals surface area (Å²) in [6, 6.07) is 2.20. The van der Waals surface area contributed by atoms with E-state index in [9.17, 15) is 18.0 Å². The number of halogens is 3. The molecule has 0 N–H and O–H groups in total. The maximum absolute atomic E-state index is 12.2. The molecule has 0 radical (unpaired) electrons. The minimum Gasteiger partial charge on any atom is -0.299 e. The van der Waals surface area contributed by atoms with Crippen molar-refractivity contribution in [2.45, 2.75) is 32.9 Å². The number of hydrogen-bond donors (Lipinski definition) is 0. The highest BCUT2D eigenvalue weighted by Crippen LogP contribution is 2.27. The van der Waals surface area contributed by atoms with Gasteiger partial charge >= 0.3 is 6.18 Å². The Hall–Kier alpha value is -1.39. The van der Waals surface area contributed by atoms with Crippen molar-refractivity contribution in [1.29, 1.82) is 0 Å². The molecule has 0 amide bonds. The molecule has 0 saturated carbocycles. The van der Waals surface area contributed by atoms with Gasteiger partial charge in [0, 0.05) is 18.5 Å². The molecule has 1 aromatic rings. The number of alkyl halides is 3. The lowest BCUT2D eigenvalue weighted by Crippen LogP contribution is -2.13. The molecule has 1 heterocycles. The van der Waals surface area contributed by atoms with E-state index >= 15 is 0 Å². The molecule has 1 atom stereocenters. The molecule has 0 saturated heterocycles. The molecule has 0 fully saturated rings. The van der Waals surface area contributed by atoms with E-state index in [1.54, 1.807) is 6.92 Å². The van der Waals surface area contributed by atoms with Crippen LogP contribution in [0.1, 0.15) is 31.5 Å². The van der Waals surface area contributed by atoms with Crippen molar-refractivity contribution in [1.82, 2.24) is 4.98 Å². The van der Waals surface area contributed by atoms with Gasteiger partial charge < -0.3 is 0 Å². The lowest BCUT2D eigenvalue weighted by atomic mass is 9.98. The molecular weight excluding hydrogens is 231 g/mol. The van der Waals surface area contributed by atoms with Crippen LogP contribution in [0.4, 0.5) is 13.2 Å². The zero-order chi connectivity index (χ0) is 13.1. The maximum atomic E-state index is 12.2. The molecule has 0 aromatic carbocycles. The monoisotopic (exact) mass is 245 g/mol. The summed E-state index contributed by atoms with van der Waals surface area (Å²) in [7, 11) is 0. The number of ketones is 1. The normalized spacial score (nSPS) is 13.5. The summed E-state index contributed by atoms with van der Waals surface area (Å²) < 4.78 is 36.7. The molecule has 94 valence electrons. The van der Waals surface area contributed by atoms with E-state index < -0.39 is 11.9 Å². The molecule has 0 bridgehead atoms. The minimum atomic E-state index is -4.43. The average molecular weight is 245 g/mol. The summed E-state index contributed by atoms with van der Waals surface area (Å²) in [6.07, 6.45) is -2.45. The van der Waals surface area contributed by atoms with Gasteiger partial charge in [-0.2, -0.15) is 13.2 Å². The van der Waals surface area contributed by atoms with E-state index in [-0.39, 0.29) is 18.1 Å². The molecular formula is C12H14F3NO. The van der Waals surface area contributed by atoms with Gasteiger partial charge in [0.05, 0.1) is 0 Å². The summed E-state index contributed by atoms with van der Waals surface area (Å²) in [5.41, 5.74) is -0.416. The van der Waals surface area contributed by atoms with Gasteiger partial charge in [-0.25, -0.2) is 0 Å². The van der Waals surface area contributed by atoms with Crippen LogP contribution >= 0.6 is 0 Å². The first-order chi connectivity index (χ1) is 7.84. The van der Waals surface area contributed by atoms with Crippen LogP contribution in [0.25, 0.3) is 0 Å². The highest BCUT2D eigenvalue weighted by molar-refractivity contribution is 5.82. The van der Waals surface area contributed by atoms with Crippen molar-refractivity contribution in [3.63, 3.8) is 0 Å². The number of pyridine rings is 1. The first kappa shape index (κ1) is 13.7. The Morgan fingerprint density at radius 2 is 2.06 bits per heavy atom. The van der Waals surface area contributed by atoms with Gasteiger partial charge in [-0.05, 0) is 18.1 Å². The molecule has 1 unspecified atom stereocenters. The summed E-state index contributed by atoms with van der Waals surface area (Å²) in [6.45, 7) is 3.70. The SMILES string of the molecule is CCC(C)C(=O)Cc1ccc(C(F)(F)F)nc1. The second kappa shape index (κ2) is 5.29. The molecule has 1 rings (SSSR count). The fourth-order valence-electron chi connectivity index (χ4n) is 1.30. The predicted molar refractivity (Wildman–Crippen MR) is 57.4 cm³/mol. The van der Waals surface area contributed by atoms with Gasteiger partial charge in [0.1, 0.15) is 11.5 Å². The van der Waals surface area contributed by atoms with Crippen molar-refractivity contribution in [2.24, 2.45) is 5.92 Å². The van der Waals surface area contributed by atoms with Crippen LogP contribution in [0.2, 0.25) is 0 Å². The Morgan fingerprint density at radius 3 is 2.47 bits per heavy atom. The molecule has 0 aliphatic carbocycles. The average Bonchev–Trinajstić information content (AvgIpc) is 2.27. The first-order valence-corrected chi connectivity index (χ1v) is 5.39. The largest absolute Gasteiger partial charge is 0.433 e. The van der Waals surface area contributed by atoms with E-state index in [0.717, 1.165) is 18.7 Å². The molecule has 0 aliphatic heterocycles. The van der Waals surface area contributed by atoms with Crippen molar-refractivity contribution >= 4 is 5.78 Å². The fourth-order valence-corrected chi connectivity index (χ4v) is 1.30. The topological polar surface area (TPSA) is 30.0 Å². The highest BCUT2D eigenvalue weighted by atomic mass is 19.4. The summed E-state index contributed by atoms with van der Waals surface area (Å²) in [5.74, 6) is -0.0497. The zero-order valence-electron chi connectivity index (χ0n) is 9.71. The van der Waals surface area contributed by atoms with Crippen molar-refractivity contribution in [3.05, 3.63) is 29.6 Å². The van der Waals surface area contributed by atoms with Gasteiger partial charge in [-0.1, -0.05) is 19.9 Å². The van der Waals surface area contributed by atoms with Crippen LogP contribution in [-0.2, 0) is 17.4 Å². The Kier molecular flexibility index (Phi) is 4.26. The first-order valence-electron chi connectivity index (χ1n) is 5.39. The third-order valence-corrected chi connectivity index (χ3v) is 2.66. The zero-order valence-corrected chi connectivity index (χ0v) is 9.71. The van der Waals surface area contributed by atoms with Crippen LogP contribution in [0.5, 0.6) is 0 Å². The molecule has 2 nitrogen and oxygen atoms in total. The van der Waals surface area contributed by atoms with Gasteiger partial charge in [0.2, 0.25) is 0 Å². The third kappa shape index (κ3) is 3.84. The summed E-state index contributed by atoms with van der Waals surface area (Å²) in [5, 5.41) is 0. The van der Waals surface area contributed by atoms with Crippen LogP contribution in [0.3, 0.4) is 0 Å². The third-order valence-electron chi connectivity index (χ3n) is 2.66. The molecule has 17 heavy (non-hydrogen) atoms. The van der Waals surface area contributed by atoms with Crippen molar-refractivity contribution in [2.75, 3.05) is 0 Å². The van der Waals surface area contributed by atoms with Gasteiger partial charge in [0.25, 0.3) is 0 Å². The highest BCUT2D eigenvalue weighted by Gasteiger charge is 2.32. The van der Waals surface area contributed by atoms with E-state index in [1.807, 2.05) is 6.92 Å². The van der Waals surface area contributed by atoms with E-state index in [1.165, 1.54) is 6.07 Å². The van der Waals surface area contributed by atoms with Gasteiger partial charge in [-0.15, -0.1) is 0 Å². The van der Waals surface area contributed by atoms with E-state index in [2.05, 4.69) is 4.98 Å². The van der Waals surface area contributed by atoms with Crippen LogP contribution in [-0.4, -0.2) is 10.8 Å². The van der Waals surface area contributed by atoms with Crippen LogP contribution in [0.15, 0.2) is 18.3 Å². The number of carbonyl (C=O) groups is 1. The molecule has 0 aliphatic rings. The number of nitrogens with zero attached hydrogens (tertiary/aromatic N) is 1. The minimum absolute atomic E-state index is 0.0223. The Balaban J connectivity index is 2.73. The number of Topliss-reactive ketones (excluding diaryl/α,β-unsaturated/α-hetero) is 1. The lowest BCUT2D eigenvalue weighted by Gasteiger charge is -2.08. The number of rotatable bonds is 4. The van der Waals surface area contributed by atoms with Crippen LogP contribution in [0, 0.1) is 5.92 Å². The Bertz CT molecular complexity index is 384. The van der Waals surface area contributed by atoms with E-state index in [0.29, 0.717) is 5.56 Å². The number of aromatic nitrogens is 1. The van der Waals surface area contributed by atoms with Crippen molar-refractivity contribution < 1.29 is 18.0 Å². The standard InChI is InChI=1S/C12H14F3NO/c1-3-8(2)10(17)6-9-4-5-11(16-7-9)12(13,14)15/h4-5,7-8H,3,6H2,1-2H3. The number of hydrogen-bond acceptors (Lipinski definition) is 2. The lowest BCUT2D eigenvalue weighted by molar-refractivity contribution is -0.141. The predicted octanol–water partition coefficient (Wildman–Crippen LogP) is 3.26. The second-order valence-corrected chi connectivity index (χ2v) is 4.00. The molecule has 0 spiro atoms. The van der Waals surface area contributed by atoms with Crippen molar-refractivity contribution in [3.8, 4) is 0 Å².